The Balaban J connectivity index is 1.55. The Morgan fingerprint density at radius 3 is 2.56 bits per heavy atom. The van der Waals surface area contributed by atoms with E-state index >= 15 is 0 Å². The number of nitrogens with zero attached hydrogens (tertiary/aromatic N) is 1. The lowest BCUT2D eigenvalue weighted by Gasteiger charge is -2.30. The van der Waals surface area contributed by atoms with Gasteiger partial charge in [-0.15, -0.1) is 0 Å². The molecular weight excluding hydrogens is 441 g/mol. The Bertz CT molecular complexity index is 1210. The van der Waals surface area contributed by atoms with Crippen molar-refractivity contribution in [1.29, 1.82) is 0 Å². The first-order chi connectivity index (χ1) is 15.1. The molecule has 9 heteroatoms. The molecule has 2 aromatic rings. The van der Waals surface area contributed by atoms with E-state index in [0.29, 0.717) is 23.9 Å². The number of benzene rings is 2. The lowest BCUT2D eigenvalue weighted by Crippen LogP contribution is -2.36. The number of hydrogen-bond acceptors (Lipinski definition) is 3. The lowest BCUT2D eigenvalue weighted by molar-refractivity contribution is -0.118. The van der Waals surface area contributed by atoms with Crippen LogP contribution in [0.2, 0.25) is 0 Å². The molecule has 2 aliphatic rings. The first kappa shape index (κ1) is 22.1. The second-order valence-corrected chi connectivity index (χ2v) is 9.49. The van der Waals surface area contributed by atoms with E-state index < -0.39 is 22.4 Å². The van der Waals surface area contributed by atoms with Crippen LogP contribution in [0.4, 0.5) is 24.5 Å². The maximum atomic E-state index is 13.3. The summed E-state index contributed by atoms with van der Waals surface area (Å²) in [4.78, 5) is 14.3. The van der Waals surface area contributed by atoms with Crippen molar-refractivity contribution >= 4 is 27.3 Å². The first-order valence-corrected chi connectivity index (χ1v) is 11.6. The number of amides is 1. The zero-order chi connectivity index (χ0) is 22.9. The molecule has 1 heterocycles. The van der Waals surface area contributed by atoms with E-state index in [0.717, 1.165) is 30.6 Å². The zero-order valence-corrected chi connectivity index (χ0v) is 17.8. The molecule has 1 aliphatic heterocycles. The van der Waals surface area contributed by atoms with Crippen LogP contribution in [0.1, 0.15) is 24.0 Å². The van der Waals surface area contributed by atoms with Crippen LogP contribution in [0.3, 0.4) is 0 Å². The quantitative estimate of drug-likeness (QED) is 0.708. The largest absolute Gasteiger partial charge is 0.312 e. The van der Waals surface area contributed by atoms with Crippen LogP contribution in [0.5, 0.6) is 0 Å². The molecule has 4 rings (SSSR count). The highest BCUT2D eigenvalue weighted by atomic mass is 32.2. The minimum Gasteiger partial charge on any atom is -0.312 e. The molecule has 0 saturated carbocycles. The topological polar surface area (TPSA) is 66.5 Å². The van der Waals surface area contributed by atoms with E-state index in [1.165, 1.54) is 12.1 Å². The second kappa shape index (κ2) is 8.46. The maximum absolute atomic E-state index is 13.3. The summed E-state index contributed by atoms with van der Waals surface area (Å²) in [5.41, 5.74) is 2.41. The summed E-state index contributed by atoms with van der Waals surface area (Å²) in [6.45, 7) is 0.478. The van der Waals surface area contributed by atoms with Crippen molar-refractivity contribution < 1.29 is 26.4 Å². The molecule has 0 saturated heterocycles. The van der Waals surface area contributed by atoms with Gasteiger partial charge in [0.05, 0.1) is 17.0 Å². The van der Waals surface area contributed by atoms with Gasteiger partial charge in [0.25, 0.3) is 15.9 Å². The van der Waals surface area contributed by atoms with Gasteiger partial charge < -0.3 is 4.90 Å². The summed E-state index contributed by atoms with van der Waals surface area (Å²) >= 11 is 0. The molecule has 0 spiro atoms. The summed E-state index contributed by atoms with van der Waals surface area (Å²) in [5.74, 6) is -3.62. The number of halogens is 3. The van der Waals surface area contributed by atoms with Gasteiger partial charge in [0.2, 0.25) is 5.91 Å². The Hall–Kier alpha value is -3.07. The summed E-state index contributed by atoms with van der Waals surface area (Å²) in [7, 11) is -4.05. The standard InChI is InChI=1S/C23H21F3N2O3S/c24-18-6-3-16(4-7-18)14-22(29)28-13-1-2-17-5-8-19(15-21(17)28)27-32(30,31)20-9-11-23(25,26)12-10-20/h3-11,15,27H,1-2,12-14H2. The smallest absolute Gasteiger partial charge is 0.270 e. The maximum Gasteiger partial charge on any atom is 0.270 e. The van der Waals surface area contributed by atoms with Crippen LogP contribution in [-0.2, 0) is 27.7 Å². The Labute approximate surface area is 184 Å². The molecule has 0 radical (unpaired) electrons. The fourth-order valence-electron chi connectivity index (χ4n) is 3.76. The van der Waals surface area contributed by atoms with E-state index in [-0.39, 0.29) is 28.7 Å². The van der Waals surface area contributed by atoms with Crippen molar-refractivity contribution in [3.8, 4) is 0 Å². The van der Waals surface area contributed by atoms with Crippen molar-refractivity contribution in [2.45, 2.75) is 31.6 Å². The Morgan fingerprint density at radius 2 is 1.88 bits per heavy atom. The van der Waals surface area contributed by atoms with Crippen LogP contribution in [-0.4, -0.2) is 26.8 Å². The number of fused-ring (bicyclic) bond motifs is 1. The third kappa shape index (κ3) is 4.88. The summed E-state index contributed by atoms with van der Waals surface area (Å²) < 4.78 is 67.4. The number of carbonyl (C=O) groups is 1. The molecule has 0 bridgehead atoms. The molecule has 1 N–H and O–H groups in total. The van der Waals surface area contributed by atoms with Gasteiger partial charge in [-0.2, -0.15) is 0 Å². The number of alkyl halides is 2. The van der Waals surface area contributed by atoms with Gasteiger partial charge in [-0.3, -0.25) is 9.52 Å². The number of allylic oxidation sites excluding steroid dienone is 3. The number of sulfonamides is 1. The Kier molecular flexibility index (Phi) is 5.85. The van der Waals surface area contributed by atoms with E-state index in [1.807, 2.05) is 0 Å². The molecule has 168 valence electrons. The molecule has 1 aliphatic carbocycles. The highest BCUT2D eigenvalue weighted by Gasteiger charge is 2.30. The van der Waals surface area contributed by atoms with Crippen molar-refractivity contribution in [2.24, 2.45) is 0 Å². The molecule has 5 nitrogen and oxygen atoms in total. The Morgan fingerprint density at radius 1 is 1.12 bits per heavy atom. The normalized spacial score (nSPS) is 17.5. The number of hydrogen-bond donors (Lipinski definition) is 1. The van der Waals surface area contributed by atoms with Crippen LogP contribution >= 0.6 is 0 Å². The van der Waals surface area contributed by atoms with E-state index in [4.69, 9.17) is 0 Å². The van der Waals surface area contributed by atoms with Gasteiger partial charge in [-0.25, -0.2) is 21.6 Å². The summed E-state index contributed by atoms with van der Waals surface area (Å²) in [6.07, 6.45) is 3.36. The molecule has 1 amide bonds. The van der Waals surface area contributed by atoms with Crippen molar-refractivity contribution in [3.05, 3.63) is 82.5 Å². The average Bonchev–Trinajstić information content (AvgIpc) is 2.74. The fraction of sp³-hybridized carbons (Fsp3) is 0.261. The average molecular weight is 462 g/mol. The van der Waals surface area contributed by atoms with Crippen LogP contribution in [0, 0.1) is 5.82 Å². The van der Waals surface area contributed by atoms with Gasteiger partial charge in [-0.1, -0.05) is 24.3 Å². The SMILES string of the molecule is O=C(Cc1ccc(F)cc1)N1CCCc2ccc(NS(=O)(=O)C3=CCC(F)(F)C=C3)cc21. The fourth-order valence-corrected chi connectivity index (χ4v) is 4.86. The molecule has 32 heavy (non-hydrogen) atoms. The number of aryl methyl sites for hydroxylation is 1. The van der Waals surface area contributed by atoms with Gasteiger partial charge in [0, 0.05) is 18.7 Å². The van der Waals surface area contributed by atoms with Crippen molar-refractivity contribution in [2.75, 3.05) is 16.2 Å². The minimum atomic E-state index is -4.05. The summed E-state index contributed by atoms with van der Waals surface area (Å²) in [5, 5.41) is 0. The van der Waals surface area contributed by atoms with Crippen molar-refractivity contribution in [3.63, 3.8) is 0 Å². The summed E-state index contributed by atoms with van der Waals surface area (Å²) in [6, 6.07) is 10.6. The second-order valence-electron chi connectivity index (χ2n) is 7.81. The number of carbonyl (C=O) groups excluding carboxylic acids is 1. The third-order valence-corrected chi connectivity index (χ3v) is 6.83. The minimum absolute atomic E-state index is 0.0849. The molecule has 2 aromatic carbocycles. The molecule has 0 atom stereocenters. The third-order valence-electron chi connectivity index (χ3n) is 5.40. The van der Waals surface area contributed by atoms with Gasteiger partial charge in [0.15, 0.2) is 0 Å². The van der Waals surface area contributed by atoms with E-state index in [1.54, 1.807) is 35.2 Å². The molecule has 0 aromatic heterocycles. The van der Waals surface area contributed by atoms with Gasteiger partial charge in [-0.05, 0) is 60.4 Å². The highest BCUT2D eigenvalue weighted by molar-refractivity contribution is 7.96. The first-order valence-electron chi connectivity index (χ1n) is 10.1. The zero-order valence-electron chi connectivity index (χ0n) is 17.0. The van der Waals surface area contributed by atoms with Crippen LogP contribution in [0.25, 0.3) is 0 Å². The number of nitrogens with one attached hydrogen (secondary N) is 1. The van der Waals surface area contributed by atoms with Crippen molar-refractivity contribution in [1.82, 2.24) is 0 Å². The predicted octanol–water partition coefficient (Wildman–Crippen LogP) is 4.57. The van der Waals surface area contributed by atoms with Crippen LogP contribution < -0.4 is 9.62 Å². The predicted molar refractivity (Wildman–Crippen MR) is 117 cm³/mol. The van der Waals surface area contributed by atoms with Gasteiger partial charge >= 0.3 is 0 Å². The number of anilines is 2. The molecule has 0 unspecified atom stereocenters. The lowest BCUT2D eigenvalue weighted by atomic mass is 10.00. The van der Waals surface area contributed by atoms with E-state index in [2.05, 4.69) is 4.72 Å². The molecular formula is C23H21F3N2O3S. The van der Waals surface area contributed by atoms with Gasteiger partial charge in [0.1, 0.15) is 5.82 Å². The van der Waals surface area contributed by atoms with Crippen LogP contribution in [0.15, 0.2) is 65.6 Å². The molecule has 0 fully saturated rings. The number of rotatable bonds is 5. The monoisotopic (exact) mass is 462 g/mol. The van der Waals surface area contributed by atoms with E-state index in [9.17, 15) is 26.4 Å². The highest BCUT2D eigenvalue weighted by Crippen LogP contribution is 2.33.